The van der Waals surface area contributed by atoms with Gasteiger partial charge in [-0.05, 0) is 29.8 Å². The fourth-order valence-electron chi connectivity index (χ4n) is 2.46. The summed E-state index contributed by atoms with van der Waals surface area (Å²) in [6.07, 6.45) is 3.21. The van der Waals surface area contributed by atoms with Gasteiger partial charge in [-0.1, -0.05) is 17.7 Å². The monoisotopic (exact) mass is 379 g/mol. The molecular weight excluding hydrogens is 366 g/mol. The summed E-state index contributed by atoms with van der Waals surface area (Å²) in [6.45, 7) is 0.281. The number of anilines is 1. The summed E-state index contributed by atoms with van der Waals surface area (Å²) < 4.78 is 24.6. The van der Waals surface area contributed by atoms with Crippen LogP contribution in [0.25, 0.3) is 0 Å². The van der Waals surface area contributed by atoms with Gasteiger partial charge >= 0.3 is 0 Å². The SMILES string of the molecule is O=C(NCc1cccnc1)c1ccc(N2C(=O)CCS2(=O)=O)cc1Cl. The number of hydrogen-bond acceptors (Lipinski definition) is 5. The third-order valence-corrected chi connectivity index (χ3v) is 5.69. The van der Waals surface area contributed by atoms with Crippen LogP contribution in [0.5, 0.6) is 0 Å². The molecule has 1 N–H and O–H groups in total. The second-order valence-corrected chi connectivity index (χ2v) is 7.78. The molecule has 25 heavy (non-hydrogen) atoms. The van der Waals surface area contributed by atoms with E-state index in [1.807, 2.05) is 6.07 Å². The van der Waals surface area contributed by atoms with Crippen LogP contribution in [0.4, 0.5) is 5.69 Å². The average Bonchev–Trinajstić information content (AvgIpc) is 2.86. The lowest BCUT2D eigenvalue weighted by Crippen LogP contribution is -2.29. The standard InChI is InChI=1S/C16H14ClN3O4S/c17-14-8-12(20-15(21)5-7-25(20,23)24)3-4-13(14)16(22)19-10-11-2-1-6-18-9-11/h1-4,6,8-9H,5,7,10H2,(H,19,22). The zero-order chi connectivity index (χ0) is 18.0. The molecule has 0 radical (unpaired) electrons. The Morgan fingerprint density at radius 2 is 2.12 bits per heavy atom. The van der Waals surface area contributed by atoms with E-state index in [0.29, 0.717) is 0 Å². The van der Waals surface area contributed by atoms with Crippen molar-refractivity contribution in [2.24, 2.45) is 0 Å². The summed E-state index contributed by atoms with van der Waals surface area (Å²) in [4.78, 5) is 28.0. The van der Waals surface area contributed by atoms with Crippen LogP contribution in [0.2, 0.25) is 5.02 Å². The number of hydrogen-bond donors (Lipinski definition) is 1. The number of pyridine rings is 1. The number of carbonyl (C=O) groups excluding carboxylic acids is 2. The Kier molecular flexibility index (Phi) is 4.73. The first-order valence-electron chi connectivity index (χ1n) is 7.41. The summed E-state index contributed by atoms with van der Waals surface area (Å²) in [5.41, 5.74) is 1.16. The fourth-order valence-corrected chi connectivity index (χ4v) is 4.18. The molecule has 2 aromatic rings. The fraction of sp³-hybridized carbons (Fsp3) is 0.188. The van der Waals surface area contributed by atoms with Crippen molar-refractivity contribution in [3.05, 3.63) is 58.9 Å². The first-order chi connectivity index (χ1) is 11.9. The van der Waals surface area contributed by atoms with E-state index in [2.05, 4.69) is 10.3 Å². The van der Waals surface area contributed by atoms with E-state index in [0.717, 1.165) is 9.87 Å². The Balaban J connectivity index is 1.78. The third kappa shape index (κ3) is 3.64. The van der Waals surface area contributed by atoms with Crippen molar-refractivity contribution < 1.29 is 18.0 Å². The van der Waals surface area contributed by atoms with E-state index in [-0.39, 0.29) is 35.0 Å². The largest absolute Gasteiger partial charge is 0.348 e. The predicted octanol–water partition coefficient (Wildman–Crippen LogP) is 1.73. The molecular formula is C16H14ClN3O4S. The lowest BCUT2D eigenvalue weighted by atomic mass is 10.2. The molecule has 1 aliphatic rings. The molecule has 7 nitrogen and oxygen atoms in total. The lowest BCUT2D eigenvalue weighted by Gasteiger charge is -2.16. The summed E-state index contributed by atoms with van der Waals surface area (Å²) in [7, 11) is -3.67. The van der Waals surface area contributed by atoms with E-state index in [9.17, 15) is 18.0 Å². The van der Waals surface area contributed by atoms with Crippen LogP contribution in [0.3, 0.4) is 0 Å². The number of aromatic nitrogens is 1. The van der Waals surface area contributed by atoms with Crippen LogP contribution in [0.1, 0.15) is 22.3 Å². The second-order valence-electron chi connectivity index (χ2n) is 5.43. The van der Waals surface area contributed by atoms with Crippen molar-refractivity contribution in [3.63, 3.8) is 0 Å². The molecule has 0 atom stereocenters. The van der Waals surface area contributed by atoms with Crippen molar-refractivity contribution in [1.29, 1.82) is 0 Å². The van der Waals surface area contributed by atoms with Gasteiger partial charge in [-0.3, -0.25) is 14.6 Å². The van der Waals surface area contributed by atoms with Gasteiger partial charge in [0.25, 0.3) is 5.91 Å². The maximum absolute atomic E-state index is 12.2. The van der Waals surface area contributed by atoms with Crippen molar-refractivity contribution >= 4 is 39.1 Å². The van der Waals surface area contributed by atoms with Gasteiger partial charge in [0.05, 0.1) is 22.0 Å². The van der Waals surface area contributed by atoms with Gasteiger partial charge in [0.1, 0.15) is 0 Å². The predicted molar refractivity (Wildman–Crippen MR) is 92.7 cm³/mol. The molecule has 1 aliphatic heterocycles. The number of nitrogens with zero attached hydrogens (tertiary/aromatic N) is 2. The highest BCUT2D eigenvalue weighted by Crippen LogP contribution is 2.29. The minimum absolute atomic E-state index is 0.0622. The van der Waals surface area contributed by atoms with E-state index >= 15 is 0 Å². The molecule has 0 unspecified atom stereocenters. The topological polar surface area (TPSA) is 96.4 Å². The van der Waals surface area contributed by atoms with Crippen LogP contribution in [-0.4, -0.2) is 31.0 Å². The molecule has 3 rings (SSSR count). The van der Waals surface area contributed by atoms with Gasteiger partial charge < -0.3 is 5.32 Å². The number of carbonyl (C=O) groups is 2. The summed E-state index contributed by atoms with van der Waals surface area (Å²) in [5.74, 6) is -1.14. The normalized spacial score (nSPS) is 16.0. The molecule has 1 aromatic heterocycles. The molecule has 2 amide bonds. The molecule has 1 aromatic carbocycles. The molecule has 0 saturated carbocycles. The van der Waals surface area contributed by atoms with E-state index in [1.165, 1.54) is 18.2 Å². The Bertz CT molecular complexity index is 932. The molecule has 130 valence electrons. The van der Waals surface area contributed by atoms with Crippen LogP contribution >= 0.6 is 11.6 Å². The van der Waals surface area contributed by atoms with Crippen molar-refractivity contribution in [1.82, 2.24) is 10.3 Å². The average molecular weight is 380 g/mol. The van der Waals surface area contributed by atoms with Gasteiger partial charge in [-0.25, -0.2) is 12.7 Å². The number of sulfonamides is 1. The zero-order valence-electron chi connectivity index (χ0n) is 13.0. The molecule has 9 heteroatoms. The number of benzene rings is 1. The Morgan fingerprint density at radius 3 is 2.72 bits per heavy atom. The lowest BCUT2D eigenvalue weighted by molar-refractivity contribution is -0.116. The molecule has 1 saturated heterocycles. The highest BCUT2D eigenvalue weighted by Gasteiger charge is 2.36. The number of rotatable bonds is 4. The molecule has 0 bridgehead atoms. The van der Waals surface area contributed by atoms with E-state index in [1.54, 1.807) is 18.5 Å². The highest BCUT2D eigenvalue weighted by atomic mass is 35.5. The smallest absolute Gasteiger partial charge is 0.253 e. The summed E-state index contributed by atoms with van der Waals surface area (Å²) in [6, 6.07) is 7.68. The van der Waals surface area contributed by atoms with Gasteiger partial charge in [0.2, 0.25) is 15.9 Å². The van der Waals surface area contributed by atoms with Gasteiger partial charge in [-0.2, -0.15) is 0 Å². The summed E-state index contributed by atoms with van der Waals surface area (Å²) >= 11 is 6.12. The van der Waals surface area contributed by atoms with Crippen molar-refractivity contribution in [2.75, 3.05) is 10.1 Å². The quantitative estimate of drug-likeness (QED) is 0.872. The van der Waals surface area contributed by atoms with Crippen LogP contribution in [0.15, 0.2) is 42.7 Å². The van der Waals surface area contributed by atoms with Crippen molar-refractivity contribution in [2.45, 2.75) is 13.0 Å². The first kappa shape index (κ1) is 17.4. The zero-order valence-corrected chi connectivity index (χ0v) is 14.5. The Morgan fingerprint density at radius 1 is 1.32 bits per heavy atom. The van der Waals surface area contributed by atoms with Crippen LogP contribution in [0, 0.1) is 0 Å². The van der Waals surface area contributed by atoms with Crippen molar-refractivity contribution in [3.8, 4) is 0 Å². The number of amides is 2. The summed E-state index contributed by atoms with van der Waals surface area (Å²) in [5, 5.41) is 2.77. The maximum Gasteiger partial charge on any atom is 0.253 e. The molecule has 0 aliphatic carbocycles. The minimum Gasteiger partial charge on any atom is -0.348 e. The van der Waals surface area contributed by atoms with Gasteiger partial charge in [-0.15, -0.1) is 0 Å². The Hall–Kier alpha value is -2.45. The molecule has 2 heterocycles. The first-order valence-corrected chi connectivity index (χ1v) is 9.40. The minimum atomic E-state index is -3.67. The third-order valence-electron chi connectivity index (χ3n) is 3.69. The number of halogens is 1. The maximum atomic E-state index is 12.2. The molecule has 0 spiro atoms. The Labute approximate surface area is 149 Å². The van der Waals surface area contributed by atoms with E-state index in [4.69, 9.17) is 11.6 Å². The van der Waals surface area contributed by atoms with Gasteiger partial charge in [0, 0.05) is 25.4 Å². The highest BCUT2D eigenvalue weighted by molar-refractivity contribution is 7.94. The second kappa shape index (κ2) is 6.81. The van der Waals surface area contributed by atoms with Crippen LogP contribution < -0.4 is 9.62 Å². The van der Waals surface area contributed by atoms with Crippen LogP contribution in [-0.2, 0) is 21.4 Å². The molecule has 1 fully saturated rings. The van der Waals surface area contributed by atoms with Gasteiger partial charge in [0.15, 0.2) is 0 Å². The number of nitrogens with one attached hydrogen (secondary N) is 1. The van der Waals surface area contributed by atoms with E-state index < -0.39 is 21.8 Å².